The molecule has 0 radical (unpaired) electrons. The fourth-order valence-electron chi connectivity index (χ4n) is 1.65. The van der Waals surface area contributed by atoms with Gasteiger partial charge >= 0.3 is 6.72 Å². The van der Waals surface area contributed by atoms with Gasteiger partial charge in [-0.3, -0.25) is 0 Å². The third-order valence-electron chi connectivity index (χ3n) is 2.50. The Morgan fingerprint density at radius 2 is 1.35 bits per heavy atom. The highest BCUT2D eigenvalue weighted by Crippen LogP contribution is 2.51. The van der Waals surface area contributed by atoms with Crippen LogP contribution in [0.3, 0.4) is 0 Å². The average Bonchev–Trinajstić information content (AvgIpc) is 2.38. The molecule has 0 fully saturated rings. The van der Waals surface area contributed by atoms with Crippen molar-refractivity contribution in [2.24, 2.45) is 0 Å². The van der Waals surface area contributed by atoms with Crippen LogP contribution in [0.5, 0.6) is 11.5 Å². The van der Waals surface area contributed by atoms with E-state index in [4.69, 9.17) is 36.8 Å². The average molecular weight is 329 g/mol. The molecule has 0 N–H and O–H groups in total. The fraction of sp³-hybridized carbons (Fsp3) is 0.143. The summed E-state index contributed by atoms with van der Waals surface area (Å²) in [6.45, 7) is 0.830. The van der Waals surface area contributed by atoms with Crippen LogP contribution < -0.4 is 9.05 Å². The zero-order valence-corrected chi connectivity index (χ0v) is 13.5. The Hall–Kier alpha value is -1.06. The van der Waals surface area contributed by atoms with Crippen molar-refractivity contribution in [1.29, 1.82) is 0 Å². The van der Waals surface area contributed by atoms with E-state index in [-0.39, 0.29) is 0 Å². The van der Waals surface area contributed by atoms with Gasteiger partial charge in [-0.25, -0.2) is 0 Å². The van der Waals surface area contributed by atoms with Gasteiger partial charge in [-0.1, -0.05) is 24.3 Å². The third-order valence-corrected chi connectivity index (χ3v) is 5.00. The molecule has 6 heteroatoms. The fourth-order valence-corrected chi connectivity index (χ4v) is 3.17. The van der Waals surface area contributed by atoms with Crippen LogP contribution in [0.15, 0.2) is 48.5 Å². The summed E-state index contributed by atoms with van der Waals surface area (Å²) in [7, 11) is 0. The number of rotatable bonds is 5. The van der Waals surface area contributed by atoms with Crippen LogP contribution in [0.25, 0.3) is 0 Å². The molecule has 0 bridgehead atoms. The van der Waals surface area contributed by atoms with E-state index in [2.05, 4.69) is 0 Å². The van der Waals surface area contributed by atoms with Gasteiger partial charge in [-0.05, 0) is 49.2 Å². The summed E-state index contributed by atoms with van der Waals surface area (Å²) < 4.78 is 16.0. The van der Waals surface area contributed by atoms with Crippen molar-refractivity contribution in [3.8, 4) is 11.5 Å². The molecule has 2 rings (SSSR count). The molecule has 0 aliphatic carbocycles. The summed E-state index contributed by atoms with van der Waals surface area (Å²) in [6.07, 6.45) is 0. The van der Waals surface area contributed by atoms with Gasteiger partial charge in [-0.2, -0.15) is 4.08 Å². The van der Waals surface area contributed by atoms with Gasteiger partial charge in [0.2, 0.25) is 0 Å². The van der Waals surface area contributed by atoms with E-state index < -0.39 is 6.72 Å². The second-order valence-corrected chi connectivity index (χ2v) is 7.49. The minimum absolute atomic E-state index is 0.571. The summed E-state index contributed by atoms with van der Waals surface area (Å²) >= 11 is 10.7. The van der Waals surface area contributed by atoms with Gasteiger partial charge in [0.05, 0.1) is 11.9 Å². The molecule has 0 heterocycles. The van der Waals surface area contributed by atoms with Gasteiger partial charge in [0.1, 0.15) is 11.5 Å². The molecule has 3 nitrogen and oxygen atoms in total. The molecule has 2 aromatic rings. The number of aryl methyl sites for hydroxylation is 2. The zero-order valence-electron chi connectivity index (χ0n) is 11.1. The number of halogens is 1. The maximum absolute atomic E-state index is 5.63. The van der Waals surface area contributed by atoms with Crippen molar-refractivity contribution in [3.05, 3.63) is 59.7 Å². The first kappa shape index (κ1) is 15.3. The van der Waals surface area contributed by atoms with Crippen molar-refractivity contribution >= 4 is 30.4 Å². The minimum Gasteiger partial charge on any atom is -0.415 e. The van der Waals surface area contributed by atoms with Crippen molar-refractivity contribution < 1.29 is 13.1 Å². The predicted molar refractivity (Wildman–Crippen MR) is 84.8 cm³/mol. The van der Waals surface area contributed by atoms with Crippen LogP contribution in [0.2, 0.25) is 0 Å². The van der Waals surface area contributed by atoms with Gasteiger partial charge in [-0.15, -0.1) is 0 Å². The Balaban J connectivity index is 2.19. The van der Waals surface area contributed by atoms with Crippen LogP contribution in [-0.2, 0) is 15.9 Å². The number of hydrogen-bond donors (Lipinski definition) is 0. The minimum atomic E-state index is -3.08. The van der Waals surface area contributed by atoms with E-state index in [0.717, 1.165) is 11.1 Å². The van der Waals surface area contributed by atoms with Crippen LogP contribution in [-0.4, -0.2) is 0 Å². The second-order valence-electron chi connectivity index (χ2n) is 4.33. The lowest BCUT2D eigenvalue weighted by Crippen LogP contribution is -2.00. The SMILES string of the molecule is Cc1cccc(OP(=S)(OCl)Oc2cccc(C)c2)c1. The van der Waals surface area contributed by atoms with E-state index in [1.54, 1.807) is 12.1 Å². The largest absolute Gasteiger partial charge is 0.451 e. The summed E-state index contributed by atoms with van der Waals surface area (Å²) in [5.41, 5.74) is 2.10. The van der Waals surface area contributed by atoms with E-state index in [1.165, 1.54) is 0 Å². The maximum atomic E-state index is 5.63. The van der Waals surface area contributed by atoms with Crippen LogP contribution in [0, 0.1) is 13.8 Å². The Bertz CT molecular complexity index is 596. The lowest BCUT2D eigenvalue weighted by Gasteiger charge is -2.19. The molecular formula is C14H14ClO3PS. The highest BCUT2D eigenvalue weighted by molar-refractivity contribution is 8.08. The Morgan fingerprint density at radius 1 is 0.900 bits per heavy atom. The lowest BCUT2D eigenvalue weighted by atomic mass is 10.2. The molecule has 0 spiro atoms. The molecule has 0 aliphatic heterocycles. The summed E-state index contributed by atoms with van der Waals surface area (Å²) in [6, 6.07) is 14.9. The molecule has 0 unspecified atom stereocenters. The summed E-state index contributed by atoms with van der Waals surface area (Å²) in [5, 5.41) is 0. The first-order chi connectivity index (χ1) is 9.50. The molecule has 0 atom stereocenters. The molecule has 106 valence electrons. The third kappa shape index (κ3) is 4.22. The first-order valence-electron chi connectivity index (χ1n) is 5.94. The van der Waals surface area contributed by atoms with Gasteiger partial charge in [0.15, 0.2) is 0 Å². The Morgan fingerprint density at radius 3 is 1.70 bits per heavy atom. The van der Waals surface area contributed by atoms with Crippen LogP contribution in [0.4, 0.5) is 0 Å². The summed E-state index contributed by atoms with van der Waals surface area (Å²) in [4.78, 5) is 0. The van der Waals surface area contributed by atoms with E-state index in [0.29, 0.717) is 11.5 Å². The molecule has 0 amide bonds. The molecule has 0 saturated heterocycles. The molecular weight excluding hydrogens is 315 g/mol. The van der Waals surface area contributed by atoms with Gasteiger partial charge in [0.25, 0.3) is 0 Å². The molecule has 0 aliphatic rings. The standard InChI is InChI=1S/C14H14ClO3PS/c1-11-5-3-7-13(9-11)16-19(20,18-15)17-14-8-4-6-12(2)10-14/h3-10H,1-2H3. The van der Waals surface area contributed by atoms with Crippen molar-refractivity contribution in [2.45, 2.75) is 13.8 Å². The Kier molecular flexibility index (Phi) is 5.06. The maximum Gasteiger partial charge on any atom is 0.451 e. The molecule has 2 aromatic carbocycles. The van der Waals surface area contributed by atoms with E-state index >= 15 is 0 Å². The highest BCUT2D eigenvalue weighted by atomic mass is 35.5. The van der Waals surface area contributed by atoms with Crippen molar-refractivity contribution in [2.75, 3.05) is 0 Å². The second kappa shape index (κ2) is 6.59. The Labute approximate surface area is 128 Å². The normalized spacial score (nSPS) is 11.2. The van der Waals surface area contributed by atoms with Gasteiger partial charge < -0.3 is 9.05 Å². The smallest absolute Gasteiger partial charge is 0.415 e. The predicted octanol–water partition coefficient (Wildman–Crippen LogP) is 5.16. The van der Waals surface area contributed by atoms with Crippen molar-refractivity contribution in [1.82, 2.24) is 0 Å². The number of benzene rings is 2. The molecule has 0 aromatic heterocycles. The van der Waals surface area contributed by atoms with Crippen molar-refractivity contribution in [3.63, 3.8) is 0 Å². The molecule has 0 saturated carbocycles. The van der Waals surface area contributed by atoms with Gasteiger partial charge in [0, 0.05) is 11.8 Å². The van der Waals surface area contributed by atoms with Crippen LogP contribution >= 0.6 is 18.6 Å². The first-order valence-corrected chi connectivity index (χ1v) is 8.80. The quantitative estimate of drug-likeness (QED) is 0.709. The molecule has 20 heavy (non-hydrogen) atoms. The lowest BCUT2D eigenvalue weighted by molar-refractivity contribution is 0.398. The zero-order chi connectivity index (χ0) is 14.6. The monoisotopic (exact) mass is 328 g/mol. The van der Waals surface area contributed by atoms with E-state index in [9.17, 15) is 0 Å². The van der Waals surface area contributed by atoms with E-state index in [1.807, 2.05) is 50.2 Å². The summed E-state index contributed by atoms with van der Waals surface area (Å²) in [5.74, 6) is 1.14. The highest BCUT2D eigenvalue weighted by Gasteiger charge is 2.24. The topological polar surface area (TPSA) is 27.7 Å². The van der Waals surface area contributed by atoms with Crippen LogP contribution in [0.1, 0.15) is 11.1 Å². The number of hydrogen-bond acceptors (Lipinski definition) is 4.